The van der Waals surface area contributed by atoms with E-state index in [9.17, 15) is 19.3 Å². The second-order valence-corrected chi connectivity index (χ2v) is 5.09. The predicted molar refractivity (Wildman–Crippen MR) is 60.9 cm³/mol. The van der Waals surface area contributed by atoms with Crippen LogP contribution in [-0.4, -0.2) is 70.0 Å². The summed E-state index contributed by atoms with van der Waals surface area (Å²) in [6, 6.07) is 0. The molecule has 2 amide bonds. The maximum atomic E-state index is 11.4. The normalized spacial score (nSPS) is 30.0. The first kappa shape index (κ1) is 17.0. The van der Waals surface area contributed by atoms with Crippen LogP contribution >= 0.6 is 7.82 Å². The Hall–Kier alpha value is -1.07. The highest BCUT2D eigenvalue weighted by Crippen LogP contribution is 2.41. The Balaban J connectivity index is 2.72. The van der Waals surface area contributed by atoms with Gasteiger partial charge in [-0.25, -0.2) is 4.57 Å². The molecule has 0 spiro atoms. The molecule has 0 radical (unpaired) electrons. The molecule has 11 nitrogen and oxygen atoms in total. The minimum atomic E-state index is -4.94. The SMILES string of the molecule is O=CNCC(=O)NC1O[C@H](CO)[C@@H](O)[C@H]1OP(=O)(O)O. The van der Waals surface area contributed by atoms with Crippen LogP contribution in [0.5, 0.6) is 0 Å². The average molecular weight is 314 g/mol. The molecular formula is C8H15N2O9P. The van der Waals surface area contributed by atoms with Crippen molar-refractivity contribution in [3.05, 3.63) is 0 Å². The molecule has 4 atom stereocenters. The summed E-state index contributed by atoms with van der Waals surface area (Å²) in [6.07, 6.45) is -5.37. The van der Waals surface area contributed by atoms with Crippen LogP contribution in [0.1, 0.15) is 0 Å². The zero-order valence-corrected chi connectivity index (χ0v) is 11.0. The number of carbonyl (C=O) groups is 2. The topological polar surface area (TPSA) is 175 Å². The van der Waals surface area contributed by atoms with Gasteiger partial charge in [0.1, 0.15) is 18.3 Å². The fourth-order valence-corrected chi connectivity index (χ4v) is 2.18. The van der Waals surface area contributed by atoms with E-state index in [-0.39, 0.29) is 6.41 Å². The monoisotopic (exact) mass is 314 g/mol. The number of phosphoric ester groups is 1. The Morgan fingerprint density at radius 3 is 2.60 bits per heavy atom. The lowest BCUT2D eigenvalue weighted by Crippen LogP contribution is -2.47. The highest BCUT2D eigenvalue weighted by atomic mass is 31.2. The number of hydrogen-bond donors (Lipinski definition) is 6. The highest BCUT2D eigenvalue weighted by molar-refractivity contribution is 7.46. The first-order chi connectivity index (χ1) is 9.28. The highest BCUT2D eigenvalue weighted by Gasteiger charge is 2.47. The van der Waals surface area contributed by atoms with Crippen LogP contribution in [0.2, 0.25) is 0 Å². The van der Waals surface area contributed by atoms with E-state index in [1.807, 2.05) is 0 Å². The van der Waals surface area contributed by atoms with Gasteiger partial charge in [0.15, 0.2) is 6.23 Å². The molecule has 0 aromatic rings. The van der Waals surface area contributed by atoms with Gasteiger partial charge in [0.2, 0.25) is 12.3 Å². The van der Waals surface area contributed by atoms with Crippen molar-refractivity contribution >= 4 is 20.1 Å². The van der Waals surface area contributed by atoms with Gasteiger partial charge in [0, 0.05) is 0 Å². The van der Waals surface area contributed by atoms with E-state index in [1.165, 1.54) is 0 Å². The smallest absolute Gasteiger partial charge is 0.394 e. The van der Waals surface area contributed by atoms with Gasteiger partial charge in [0.25, 0.3) is 0 Å². The summed E-state index contributed by atoms with van der Waals surface area (Å²) in [5.74, 6) is -0.729. The Labute approximate surface area is 113 Å². The van der Waals surface area contributed by atoms with Gasteiger partial charge >= 0.3 is 7.82 Å². The third kappa shape index (κ3) is 4.80. The van der Waals surface area contributed by atoms with Gasteiger partial charge in [-0.05, 0) is 0 Å². The van der Waals surface area contributed by atoms with Crippen molar-refractivity contribution in [1.82, 2.24) is 10.6 Å². The Kier molecular flexibility index (Phi) is 6.02. The molecule has 0 aromatic carbocycles. The summed E-state index contributed by atoms with van der Waals surface area (Å²) < 4.78 is 20.2. The molecule has 0 bridgehead atoms. The number of carbonyl (C=O) groups excluding carboxylic acids is 2. The second-order valence-electron chi connectivity index (χ2n) is 3.90. The van der Waals surface area contributed by atoms with Crippen LogP contribution in [0.25, 0.3) is 0 Å². The lowest BCUT2D eigenvalue weighted by atomic mass is 10.1. The maximum absolute atomic E-state index is 11.4. The van der Waals surface area contributed by atoms with E-state index in [0.717, 1.165) is 0 Å². The summed E-state index contributed by atoms with van der Waals surface area (Å²) in [6.45, 7) is -1.03. The largest absolute Gasteiger partial charge is 0.470 e. The Bertz CT molecular complexity index is 399. The van der Waals surface area contributed by atoms with Crippen LogP contribution in [0.15, 0.2) is 0 Å². The van der Waals surface area contributed by atoms with Crippen molar-refractivity contribution in [3.63, 3.8) is 0 Å². The molecule has 1 heterocycles. The number of amides is 2. The number of hydrogen-bond acceptors (Lipinski definition) is 7. The Morgan fingerprint density at radius 1 is 1.45 bits per heavy atom. The molecule has 1 saturated heterocycles. The van der Waals surface area contributed by atoms with Crippen LogP contribution in [0.3, 0.4) is 0 Å². The van der Waals surface area contributed by atoms with Crippen molar-refractivity contribution in [2.24, 2.45) is 0 Å². The summed E-state index contributed by atoms with van der Waals surface area (Å²) in [5.41, 5.74) is 0. The van der Waals surface area contributed by atoms with Gasteiger partial charge in [-0.2, -0.15) is 0 Å². The van der Waals surface area contributed by atoms with Gasteiger partial charge in [0.05, 0.1) is 13.2 Å². The van der Waals surface area contributed by atoms with Gasteiger partial charge in [-0.15, -0.1) is 0 Å². The third-order valence-electron chi connectivity index (χ3n) is 2.43. The number of rotatable bonds is 7. The number of nitrogens with one attached hydrogen (secondary N) is 2. The van der Waals surface area contributed by atoms with Crippen LogP contribution in [0, 0.1) is 0 Å². The minimum Gasteiger partial charge on any atom is -0.394 e. The first-order valence-corrected chi connectivity index (χ1v) is 6.96. The van der Waals surface area contributed by atoms with Crippen LogP contribution in [0.4, 0.5) is 0 Å². The van der Waals surface area contributed by atoms with Crippen molar-refractivity contribution in [2.75, 3.05) is 13.2 Å². The van der Waals surface area contributed by atoms with E-state index in [1.54, 1.807) is 0 Å². The summed E-state index contributed by atoms with van der Waals surface area (Å²) in [7, 11) is -4.94. The fraction of sp³-hybridized carbons (Fsp3) is 0.750. The van der Waals surface area contributed by atoms with Gasteiger partial charge in [-0.1, -0.05) is 0 Å². The summed E-state index contributed by atoms with van der Waals surface area (Å²) in [5, 5.41) is 22.9. The second kappa shape index (κ2) is 7.09. The van der Waals surface area contributed by atoms with Crippen molar-refractivity contribution in [1.29, 1.82) is 0 Å². The molecule has 1 fully saturated rings. The van der Waals surface area contributed by atoms with Crippen LogP contribution in [-0.2, 0) is 23.4 Å². The van der Waals surface area contributed by atoms with Crippen molar-refractivity contribution < 1.29 is 43.4 Å². The molecule has 12 heteroatoms. The minimum absolute atomic E-state index is 0.282. The zero-order chi connectivity index (χ0) is 15.3. The van der Waals surface area contributed by atoms with Crippen molar-refractivity contribution in [2.45, 2.75) is 24.5 Å². The molecule has 0 saturated carbocycles. The lowest BCUT2D eigenvalue weighted by molar-refractivity contribution is -0.127. The van der Waals surface area contributed by atoms with Crippen molar-refractivity contribution in [3.8, 4) is 0 Å². The molecule has 1 aliphatic rings. The van der Waals surface area contributed by atoms with E-state index in [2.05, 4.69) is 15.2 Å². The quantitative estimate of drug-likeness (QED) is 0.205. The standard InChI is InChI=1S/C8H15N2O9P/c11-2-4-6(14)7(19-20(15,16)17)8(18-4)10-5(13)1-9-3-12/h3-4,6-8,11,14H,1-2H2,(H,9,12)(H,10,13)(H2,15,16,17)/t4-,6-,7-,8?/m1/s1. The lowest BCUT2D eigenvalue weighted by Gasteiger charge is -2.21. The van der Waals surface area contributed by atoms with E-state index < -0.39 is 51.4 Å². The molecule has 0 aliphatic carbocycles. The molecule has 116 valence electrons. The number of aliphatic hydroxyl groups is 2. The number of ether oxygens (including phenoxy) is 1. The number of phosphoric acid groups is 1. The maximum Gasteiger partial charge on any atom is 0.470 e. The van der Waals surface area contributed by atoms with Gasteiger partial charge in [-0.3, -0.25) is 14.1 Å². The number of aliphatic hydroxyl groups excluding tert-OH is 2. The molecule has 1 aliphatic heterocycles. The molecule has 1 rings (SSSR count). The molecule has 1 unspecified atom stereocenters. The third-order valence-corrected chi connectivity index (χ3v) is 2.94. The molecule has 20 heavy (non-hydrogen) atoms. The van der Waals surface area contributed by atoms with Gasteiger partial charge < -0.3 is 35.4 Å². The summed E-state index contributed by atoms with van der Waals surface area (Å²) in [4.78, 5) is 38.9. The first-order valence-electron chi connectivity index (χ1n) is 5.43. The fourth-order valence-electron chi connectivity index (χ4n) is 1.62. The van der Waals surface area contributed by atoms with E-state index >= 15 is 0 Å². The van der Waals surface area contributed by atoms with Crippen LogP contribution < -0.4 is 10.6 Å². The Morgan fingerprint density at radius 2 is 2.10 bits per heavy atom. The molecule has 0 aromatic heterocycles. The molecule has 6 N–H and O–H groups in total. The molecular weight excluding hydrogens is 299 g/mol. The van der Waals surface area contributed by atoms with E-state index in [4.69, 9.17) is 19.6 Å². The van der Waals surface area contributed by atoms with E-state index in [0.29, 0.717) is 0 Å². The zero-order valence-electron chi connectivity index (χ0n) is 10.1. The predicted octanol–water partition coefficient (Wildman–Crippen LogP) is -3.60. The summed E-state index contributed by atoms with van der Waals surface area (Å²) >= 11 is 0. The average Bonchev–Trinajstić information content (AvgIpc) is 2.63.